The van der Waals surface area contributed by atoms with Gasteiger partial charge in [-0.2, -0.15) is 0 Å². The summed E-state index contributed by atoms with van der Waals surface area (Å²) in [6, 6.07) is 17.8. The Morgan fingerprint density at radius 2 is 1.93 bits per heavy atom. The van der Waals surface area contributed by atoms with Crippen LogP contribution in [0.1, 0.15) is 35.6 Å². The van der Waals surface area contributed by atoms with Gasteiger partial charge in [0.15, 0.2) is 23.3 Å². The van der Waals surface area contributed by atoms with Crippen molar-refractivity contribution in [1.29, 1.82) is 0 Å². The molecular formula is C30H31F2N3O5. The summed E-state index contributed by atoms with van der Waals surface area (Å²) in [7, 11) is 1.55. The van der Waals surface area contributed by atoms with Crippen LogP contribution in [0.3, 0.4) is 0 Å². The van der Waals surface area contributed by atoms with E-state index < -0.39 is 29.2 Å². The number of methoxy groups -OCH3 is 1. The lowest BCUT2D eigenvalue weighted by molar-refractivity contribution is -0.129. The molecule has 3 N–H and O–H groups in total. The standard InChI is InChI=1S/C30H31F2N3O5/c1-3-14-30(29(37)35-33-19-20-8-13-25(31)26(32)17-20)27(22-6-4-7-24(18-22)38-2)40-28(34-30)21-9-11-23(12-10-21)39-16-5-15-36/h3-4,6-13,17-18,27,33,36H,1,5,14-16,19H2,2H3,(H,35,37)/t27-,30-/m0/s1. The first-order chi connectivity index (χ1) is 19.4. The average Bonchev–Trinajstić information content (AvgIpc) is 3.36. The van der Waals surface area contributed by atoms with E-state index in [1.807, 2.05) is 6.07 Å². The number of carbonyl (C=O) groups is 1. The number of aliphatic hydroxyl groups excluding tert-OH is 1. The van der Waals surface area contributed by atoms with Gasteiger partial charge in [0.25, 0.3) is 5.91 Å². The van der Waals surface area contributed by atoms with Crippen LogP contribution in [-0.2, 0) is 16.1 Å². The van der Waals surface area contributed by atoms with Crippen molar-refractivity contribution in [2.45, 2.75) is 31.0 Å². The third-order valence-electron chi connectivity index (χ3n) is 6.36. The maximum atomic E-state index is 13.8. The highest BCUT2D eigenvalue weighted by molar-refractivity contribution is 6.01. The van der Waals surface area contributed by atoms with E-state index in [9.17, 15) is 13.6 Å². The molecule has 8 nitrogen and oxygen atoms in total. The van der Waals surface area contributed by atoms with E-state index >= 15 is 0 Å². The number of hydrazine groups is 1. The Kier molecular flexibility index (Phi) is 9.47. The molecular weight excluding hydrogens is 520 g/mol. The molecule has 1 aliphatic heterocycles. The van der Waals surface area contributed by atoms with Crippen molar-refractivity contribution in [3.63, 3.8) is 0 Å². The fourth-order valence-electron chi connectivity index (χ4n) is 4.32. The van der Waals surface area contributed by atoms with Crippen LogP contribution in [0, 0.1) is 11.6 Å². The number of hydrogen-bond donors (Lipinski definition) is 3. The molecule has 10 heteroatoms. The molecule has 0 saturated carbocycles. The Balaban J connectivity index is 1.63. The van der Waals surface area contributed by atoms with Gasteiger partial charge in [-0.25, -0.2) is 19.2 Å². The Bertz CT molecular complexity index is 1370. The van der Waals surface area contributed by atoms with Crippen molar-refractivity contribution in [2.24, 2.45) is 4.99 Å². The number of hydrogen-bond acceptors (Lipinski definition) is 7. The second-order valence-corrected chi connectivity index (χ2v) is 9.11. The highest BCUT2D eigenvalue weighted by Gasteiger charge is 2.52. The van der Waals surface area contributed by atoms with Crippen molar-refractivity contribution in [3.05, 3.63) is 108 Å². The van der Waals surface area contributed by atoms with Crippen molar-refractivity contribution in [2.75, 3.05) is 20.3 Å². The smallest absolute Gasteiger partial charge is 0.266 e. The van der Waals surface area contributed by atoms with Gasteiger partial charge in [0.1, 0.15) is 11.5 Å². The van der Waals surface area contributed by atoms with E-state index in [0.29, 0.717) is 41.2 Å². The van der Waals surface area contributed by atoms with Crippen LogP contribution in [0.5, 0.6) is 11.5 Å². The Hall–Kier alpha value is -4.28. The maximum Gasteiger partial charge on any atom is 0.266 e. The zero-order chi connectivity index (χ0) is 28.5. The van der Waals surface area contributed by atoms with Gasteiger partial charge >= 0.3 is 0 Å². The molecule has 0 bridgehead atoms. The van der Waals surface area contributed by atoms with Crippen molar-refractivity contribution in [1.82, 2.24) is 10.9 Å². The third-order valence-corrected chi connectivity index (χ3v) is 6.36. The summed E-state index contributed by atoms with van der Waals surface area (Å²) in [6.45, 7) is 4.31. The second kappa shape index (κ2) is 13.2. The normalized spacial score (nSPS) is 18.0. The van der Waals surface area contributed by atoms with E-state index in [1.54, 1.807) is 55.7 Å². The minimum absolute atomic E-state index is 0.0392. The summed E-state index contributed by atoms with van der Waals surface area (Å²) >= 11 is 0. The largest absolute Gasteiger partial charge is 0.497 e. The Morgan fingerprint density at radius 3 is 2.62 bits per heavy atom. The summed E-state index contributed by atoms with van der Waals surface area (Å²) in [5.41, 5.74) is 5.74. The fourth-order valence-corrected chi connectivity index (χ4v) is 4.32. The number of benzene rings is 3. The van der Waals surface area contributed by atoms with Gasteiger partial charge in [0.2, 0.25) is 5.90 Å². The molecule has 0 spiro atoms. The van der Waals surface area contributed by atoms with Gasteiger partial charge in [-0.3, -0.25) is 10.2 Å². The molecule has 0 radical (unpaired) electrons. The first-order valence-electron chi connectivity index (χ1n) is 12.7. The summed E-state index contributed by atoms with van der Waals surface area (Å²) in [4.78, 5) is 18.6. The van der Waals surface area contributed by atoms with Crippen molar-refractivity contribution in [3.8, 4) is 11.5 Å². The number of amides is 1. The van der Waals surface area contributed by atoms with Crippen LogP contribution in [0.2, 0.25) is 0 Å². The molecule has 0 unspecified atom stereocenters. The quantitative estimate of drug-likeness (QED) is 0.166. The first-order valence-corrected chi connectivity index (χ1v) is 12.7. The molecule has 0 aromatic heterocycles. The van der Waals surface area contributed by atoms with Crippen molar-refractivity contribution >= 4 is 11.8 Å². The van der Waals surface area contributed by atoms with Crippen LogP contribution in [-0.4, -0.2) is 42.8 Å². The molecule has 0 fully saturated rings. The van der Waals surface area contributed by atoms with Gasteiger partial charge in [0, 0.05) is 31.6 Å². The molecule has 210 valence electrons. The lowest BCUT2D eigenvalue weighted by Gasteiger charge is -2.29. The fraction of sp³-hybridized carbons (Fsp3) is 0.267. The molecule has 4 rings (SSSR count). The molecule has 3 aromatic rings. The Morgan fingerprint density at radius 1 is 1.12 bits per heavy atom. The molecule has 1 aliphatic rings. The third kappa shape index (κ3) is 6.47. The second-order valence-electron chi connectivity index (χ2n) is 9.11. The zero-order valence-corrected chi connectivity index (χ0v) is 22.0. The molecule has 1 heterocycles. The monoisotopic (exact) mass is 551 g/mol. The average molecular weight is 552 g/mol. The first kappa shape index (κ1) is 28.7. The number of halogens is 2. The summed E-state index contributed by atoms with van der Waals surface area (Å²) in [5.74, 6) is -0.960. The number of aliphatic hydroxyl groups is 1. The maximum absolute atomic E-state index is 13.8. The Labute approximate surface area is 231 Å². The molecule has 3 aromatic carbocycles. The summed E-state index contributed by atoms with van der Waals surface area (Å²) in [6.07, 6.45) is 1.42. The topological polar surface area (TPSA) is 101 Å². The van der Waals surface area contributed by atoms with Gasteiger partial charge in [-0.15, -0.1) is 6.58 Å². The molecule has 0 saturated heterocycles. The summed E-state index contributed by atoms with van der Waals surface area (Å²) in [5, 5.41) is 8.96. The SMILES string of the molecule is C=CC[C@]1(C(=O)NNCc2ccc(F)c(F)c2)N=C(c2ccc(OCCCO)cc2)O[C@H]1c1cccc(OC)c1. The number of carbonyl (C=O) groups excluding carboxylic acids is 1. The zero-order valence-electron chi connectivity index (χ0n) is 22.0. The number of rotatable bonds is 13. The highest BCUT2D eigenvalue weighted by atomic mass is 19.2. The predicted octanol–water partition coefficient (Wildman–Crippen LogP) is 4.39. The van der Waals surface area contributed by atoms with Crippen LogP contribution < -0.4 is 20.3 Å². The minimum atomic E-state index is -1.44. The summed E-state index contributed by atoms with van der Waals surface area (Å²) < 4.78 is 44.2. The van der Waals surface area contributed by atoms with Crippen LogP contribution in [0.25, 0.3) is 0 Å². The van der Waals surface area contributed by atoms with Crippen LogP contribution >= 0.6 is 0 Å². The van der Waals surface area contributed by atoms with Crippen LogP contribution in [0.15, 0.2) is 84.4 Å². The predicted molar refractivity (Wildman–Crippen MR) is 146 cm³/mol. The molecule has 0 aliphatic carbocycles. The van der Waals surface area contributed by atoms with E-state index in [4.69, 9.17) is 24.3 Å². The molecule has 40 heavy (non-hydrogen) atoms. The van der Waals surface area contributed by atoms with Gasteiger partial charge < -0.3 is 19.3 Å². The van der Waals surface area contributed by atoms with E-state index in [1.165, 1.54) is 6.07 Å². The van der Waals surface area contributed by atoms with E-state index in [2.05, 4.69) is 17.4 Å². The van der Waals surface area contributed by atoms with Crippen molar-refractivity contribution < 1.29 is 32.9 Å². The van der Waals surface area contributed by atoms with Crippen LogP contribution in [0.4, 0.5) is 8.78 Å². The molecule has 2 atom stereocenters. The lowest BCUT2D eigenvalue weighted by Crippen LogP contribution is -2.52. The highest BCUT2D eigenvalue weighted by Crippen LogP contribution is 2.43. The number of nitrogens with zero attached hydrogens (tertiary/aromatic N) is 1. The van der Waals surface area contributed by atoms with Gasteiger partial charge in [-0.05, 0) is 59.7 Å². The lowest BCUT2D eigenvalue weighted by atomic mass is 9.84. The number of nitrogens with one attached hydrogen (secondary N) is 2. The van der Waals surface area contributed by atoms with E-state index in [-0.39, 0.29) is 25.5 Å². The van der Waals surface area contributed by atoms with Gasteiger partial charge in [0.05, 0.1) is 13.7 Å². The number of ether oxygens (including phenoxy) is 3. The van der Waals surface area contributed by atoms with Gasteiger partial charge in [-0.1, -0.05) is 24.3 Å². The number of aliphatic imine (C=N–C) groups is 1. The van der Waals surface area contributed by atoms with E-state index in [0.717, 1.165) is 12.1 Å². The minimum Gasteiger partial charge on any atom is -0.497 e. The molecule has 1 amide bonds.